The molecule has 0 heterocycles. The van der Waals surface area contributed by atoms with E-state index in [0.717, 1.165) is 33.5 Å². The maximum absolute atomic E-state index is 12.1. The van der Waals surface area contributed by atoms with Crippen molar-refractivity contribution in [3.05, 3.63) is 63.7 Å². The molecule has 0 saturated carbocycles. The van der Waals surface area contributed by atoms with E-state index in [4.69, 9.17) is 4.74 Å². The van der Waals surface area contributed by atoms with Crippen molar-refractivity contribution in [3.63, 3.8) is 0 Å². The van der Waals surface area contributed by atoms with Gasteiger partial charge in [-0.3, -0.25) is 9.59 Å². The lowest BCUT2D eigenvalue weighted by Crippen LogP contribution is -2.35. The van der Waals surface area contributed by atoms with Crippen LogP contribution in [0.2, 0.25) is 0 Å². The van der Waals surface area contributed by atoms with E-state index in [2.05, 4.69) is 10.6 Å². The number of amides is 2. The minimum Gasteiger partial charge on any atom is -0.452 e. The molecule has 0 saturated heterocycles. The highest BCUT2D eigenvalue weighted by molar-refractivity contribution is 5.96. The molecule has 6 heteroatoms. The van der Waals surface area contributed by atoms with Crippen molar-refractivity contribution in [1.29, 1.82) is 0 Å². The minimum absolute atomic E-state index is 0.202. The summed E-state index contributed by atoms with van der Waals surface area (Å²) in [6, 6.07) is 9.16. The van der Waals surface area contributed by atoms with E-state index in [0.29, 0.717) is 5.56 Å². The van der Waals surface area contributed by atoms with E-state index >= 15 is 0 Å². The number of hydrogen-bond acceptors (Lipinski definition) is 4. The van der Waals surface area contributed by atoms with Crippen LogP contribution in [0.3, 0.4) is 0 Å². The summed E-state index contributed by atoms with van der Waals surface area (Å²) >= 11 is 0. The Morgan fingerprint density at radius 1 is 0.821 bits per heavy atom. The summed E-state index contributed by atoms with van der Waals surface area (Å²) in [6.45, 7) is 9.03. The Bertz CT molecular complexity index is 896. The average Bonchev–Trinajstić information content (AvgIpc) is 2.63. The van der Waals surface area contributed by atoms with E-state index in [-0.39, 0.29) is 12.5 Å². The molecule has 0 aromatic heterocycles. The first-order chi connectivity index (χ1) is 13.2. The number of nitrogens with one attached hydrogen (secondary N) is 2. The van der Waals surface area contributed by atoms with Crippen molar-refractivity contribution < 1.29 is 19.1 Å². The summed E-state index contributed by atoms with van der Waals surface area (Å²) < 4.78 is 5.00. The number of esters is 1. The molecule has 2 N–H and O–H groups in total. The van der Waals surface area contributed by atoms with E-state index in [1.165, 1.54) is 0 Å². The molecule has 2 amide bonds. The molecule has 0 radical (unpaired) electrons. The first-order valence-corrected chi connectivity index (χ1v) is 9.06. The second-order valence-corrected chi connectivity index (χ2v) is 6.97. The predicted molar refractivity (Wildman–Crippen MR) is 108 cm³/mol. The topological polar surface area (TPSA) is 84.5 Å². The summed E-state index contributed by atoms with van der Waals surface area (Å²) in [6.07, 6.45) is 0. The lowest BCUT2D eigenvalue weighted by Gasteiger charge is -2.13. The number of hydrogen-bond donors (Lipinski definition) is 2. The first-order valence-electron chi connectivity index (χ1n) is 9.06. The predicted octanol–water partition coefficient (Wildman–Crippen LogP) is 3.14. The molecule has 0 aliphatic carbocycles. The normalized spacial score (nSPS) is 10.3. The fourth-order valence-electron chi connectivity index (χ4n) is 2.87. The molecule has 0 spiro atoms. The third-order valence-corrected chi connectivity index (χ3v) is 4.46. The molecule has 148 valence electrons. The molecule has 2 rings (SSSR count). The van der Waals surface area contributed by atoms with E-state index in [9.17, 15) is 14.4 Å². The number of aryl methyl sites for hydroxylation is 5. The van der Waals surface area contributed by atoms with Gasteiger partial charge in [-0.2, -0.15) is 0 Å². The van der Waals surface area contributed by atoms with Gasteiger partial charge in [-0.15, -0.1) is 0 Å². The zero-order chi connectivity index (χ0) is 20.8. The SMILES string of the molecule is Cc1cc(C)c(NC(=O)CNC(=O)COC(=O)c2ccc(C)c(C)c2)c(C)c1. The molecule has 2 aromatic carbocycles. The van der Waals surface area contributed by atoms with Gasteiger partial charge >= 0.3 is 5.97 Å². The maximum atomic E-state index is 12.1. The average molecular weight is 382 g/mol. The lowest BCUT2D eigenvalue weighted by molar-refractivity contribution is -0.126. The number of carbonyl (C=O) groups is 3. The first kappa shape index (κ1) is 21.2. The fourth-order valence-corrected chi connectivity index (χ4v) is 2.87. The van der Waals surface area contributed by atoms with Gasteiger partial charge in [0.25, 0.3) is 5.91 Å². The van der Waals surface area contributed by atoms with Crippen LogP contribution in [0.25, 0.3) is 0 Å². The van der Waals surface area contributed by atoms with Crippen molar-refractivity contribution >= 4 is 23.5 Å². The summed E-state index contributed by atoms with van der Waals surface area (Å²) in [5, 5.41) is 5.25. The number of ether oxygens (including phenoxy) is 1. The summed E-state index contributed by atoms with van der Waals surface area (Å²) in [4.78, 5) is 36.0. The van der Waals surface area contributed by atoms with Crippen LogP contribution in [0.4, 0.5) is 5.69 Å². The van der Waals surface area contributed by atoms with E-state index in [1.807, 2.05) is 52.8 Å². The molecule has 28 heavy (non-hydrogen) atoms. The number of benzene rings is 2. The Balaban J connectivity index is 1.81. The Labute approximate surface area is 165 Å². The maximum Gasteiger partial charge on any atom is 0.338 e. The highest BCUT2D eigenvalue weighted by Gasteiger charge is 2.13. The number of rotatable bonds is 6. The highest BCUT2D eigenvalue weighted by atomic mass is 16.5. The van der Waals surface area contributed by atoms with E-state index in [1.54, 1.807) is 12.1 Å². The molecule has 0 fully saturated rings. The molecule has 6 nitrogen and oxygen atoms in total. The van der Waals surface area contributed by atoms with Gasteiger partial charge in [0.1, 0.15) is 0 Å². The summed E-state index contributed by atoms with van der Waals surface area (Å²) in [5.74, 6) is -1.46. The largest absolute Gasteiger partial charge is 0.452 e. The summed E-state index contributed by atoms with van der Waals surface area (Å²) in [7, 11) is 0. The quantitative estimate of drug-likeness (QED) is 0.752. The second kappa shape index (κ2) is 9.17. The fraction of sp³-hybridized carbons (Fsp3) is 0.318. The van der Waals surface area contributed by atoms with Crippen molar-refractivity contribution in [1.82, 2.24) is 5.32 Å². The number of anilines is 1. The van der Waals surface area contributed by atoms with Crippen LogP contribution in [-0.4, -0.2) is 30.9 Å². The third-order valence-electron chi connectivity index (χ3n) is 4.46. The van der Waals surface area contributed by atoms with Gasteiger partial charge in [-0.1, -0.05) is 23.8 Å². The third kappa shape index (κ3) is 5.67. The molecule has 2 aromatic rings. The van der Waals surface area contributed by atoms with Gasteiger partial charge in [0.05, 0.1) is 12.1 Å². The summed E-state index contributed by atoms with van der Waals surface area (Å²) in [5.41, 5.74) is 6.20. The van der Waals surface area contributed by atoms with Gasteiger partial charge in [0.2, 0.25) is 5.91 Å². The molecule has 0 aliphatic rings. The Morgan fingerprint density at radius 3 is 2.07 bits per heavy atom. The second-order valence-electron chi connectivity index (χ2n) is 6.97. The molecule has 0 aliphatic heterocycles. The van der Waals surface area contributed by atoms with E-state index < -0.39 is 18.5 Å². The Hall–Kier alpha value is -3.15. The van der Waals surface area contributed by atoms with Crippen LogP contribution < -0.4 is 10.6 Å². The molecule has 0 bridgehead atoms. The zero-order valence-electron chi connectivity index (χ0n) is 16.9. The van der Waals surface area contributed by atoms with Gasteiger partial charge in [0.15, 0.2) is 6.61 Å². The van der Waals surface area contributed by atoms with Gasteiger partial charge in [-0.25, -0.2) is 4.79 Å². The minimum atomic E-state index is -0.575. The lowest BCUT2D eigenvalue weighted by atomic mass is 10.1. The van der Waals surface area contributed by atoms with Crippen molar-refractivity contribution in [2.24, 2.45) is 0 Å². The van der Waals surface area contributed by atoms with Crippen LogP contribution in [0.1, 0.15) is 38.2 Å². The van der Waals surface area contributed by atoms with Crippen LogP contribution in [-0.2, 0) is 14.3 Å². The smallest absolute Gasteiger partial charge is 0.338 e. The van der Waals surface area contributed by atoms with Crippen LogP contribution >= 0.6 is 0 Å². The zero-order valence-corrected chi connectivity index (χ0v) is 16.9. The van der Waals surface area contributed by atoms with Crippen molar-refractivity contribution in [3.8, 4) is 0 Å². The molecule has 0 atom stereocenters. The Morgan fingerprint density at radius 2 is 1.46 bits per heavy atom. The van der Waals surface area contributed by atoms with Crippen LogP contribution in [0.5, 0.6) is 0 Å². The Kier molecular flexibility index (Phi) is 6.93. The van der Waals surface area contributed by atoms with Crippen LogP contribution in [0, 0.1) is 34.6 Å². The highest BCUT2D eigenvalue weighted by Crippen LogP contribution is 2.21. The van der Waals surface area contributed by atoms with Crippen molar-refractivity contribution in [2.75, 3.05) is 18.5 Å². The molecule has 0 unspecified atom stereocenters. The monoisotopic (exact) mass is 382 g/mol. The number of carbonyl (C=O) groups excluding carboxylic acids is 3. The van der Waals surface area contributed by atoms with Gasteiger partial charge in [-0.05, 0) is 69.0 Å². The van der Waals surface area contributed by atoms with Gasteiger partial charge < -0.3 is 15.4 Å². The molecular formula is C22H26N2O4. The van der Waals surface area contributed by atoms with Gasteiger partial charge in [0, 0.05) is 5.69 Å². The van der Waals surface area contributed by atoms with Crippen LogP contribution in [0.15, 0.2) is 30.3 Å². The molecular weight excluding hydrogens is 356 g/mol. The van der Waals surface area contributed by atoms with Crippen molar-refractivity contribution in [2.45, 2.75) is 34.6 Å². The standard InChI is InChI=1S/C22H26N2O4/c1-13-8-16(4)21(17(5)9-13)24-19(25)11-23-20(26)12-28-22(27)18-7-6-14(2)15(3)10-18/h6-10H,11-12H2,1-5H3,(H,23,26)(H,24,25).